The Kier molecular flexibility index (Phi) is 5.56. The van der Waals surface area contributed by atoms with Crippen LogP contribution in [0, 0.1) is 12.7 Å². The highest BCUT2D eigenvalue weighted by Gasteiger charge is 2.08. The lowest BCUT2D eigenvalue weighted by Crippen LogP contribution is -2.28. The van der Waals surface area contributed by atoms with Crippen LogP contribution in [0.5, 0.6) is 5.75 Å². The molecule has 2 aromatic rings. The standard InChI is InChI=1S/C17H18FNO4S/c1-12-3-4-13(9-16(12)18)10-19-17(20)11-23-14-5-7-15(8-6-14)24(2,21)22/h3-9H,10-11H2,1-2H3,(H,19,20). The average Bonchev–Trinajstić information content (AvgIpc) is 2.53. The summed E-state index contributed by atoms with van der Waals surface area (Å²) >= 11 is 0. The molecule has 0 aliphatic rings. The summed E-state index contributed by atoms with van der Waals surface area (Å²) in [6.07, 6.45) is 1.12. The number of hydrogen-bond donors (Lipinski definition) is 1. The van der Waals surface area contributed by atoms with Gasteiger partial charge in [-0.15, -0.1) is 0 Å². The van der Waals surface area contributed by atoms with Gasteiger partial charge in [0, 0.05) is 12.8 Å². The van der Waals surface area contributed by atoms with Crippen molar-refractivity contribution in [2.45, 2.75) is 18.4 Å². The predicted molar refractivity (Wildman–Crippen MR) is 88.0 cm³/mol. The molecule has 0 radical (unpaired) electrons. The van der Waals surface area contributed by atoms with E-state index in [1.165, 1.54) is 30.3 Å². The van der Waals surface area contributed by atoms with Crippen LogP contribution in [0.15, 0.2) is 47.4 Å². The maximum atomic E-state index is 13.4. The number of carbonyl (C=O) groups excluding carboxylic acids is 1. The molecule has 1 amide bonds. The Bertz CT molecular complexity index is 832. The molecule has 0 aliphatic heterocycles. The molecule has 0 aliphatic carbocycles. The third-order valence-corrected chi connectivity index (χ3v) is 4.48. The largest absolute Gasteiger partial charge is 0.484 e. The maximum Gasteiger partial charge on any atom is 0.258 e. The molecule has 0 aromatic heterocycles. The minimum absolute atomic E-state index is 0.181. The molecule has 0 unspecified atom stereocenters. The number of halogens is 1. The predicted octanol–water partition coefficient (Wildman–Crippen LogP) is 2.23. The summed E-state index contributed by atoms with van der Waals surface area (Å²) in [5.41, 5.74) is 1.20. The summed E-state index contributed by atoms with van der Waals surface area (Å²) < 4.78 is 41.4. The van der Waals surface area contributed by atoms with Crippen LogP contribution in [0.4, 0.5) is 4.39 Å². The number of nitrogens with one attached hydrogen (secondary N) is 1. The lowest BCUT2D eigenvalue weighted by atomic mass is 10.1. The van der Waals surface area contributed by atoms with Gasteiger partial charge in [0.2, 0.25) is 0 Å². The fourth-order valence-electron chi connectivity index (χ4n) is 1.93. The fourth-order valence-corrected chi connectivity index (χ4v) is 2.56. The Labute approximate surface area is 140 Å². The molecule has 0 bridgehead atoms. The number of ether oxygens (including phenoxy) is 1. The van der Waals surface area contributed by atoms with E-state index in [-0.39, 0.29) is 29.8 Å². The number of rotatable bonds is 6. The van der Waals surface area contributed by atoms with E-state index in [2.05, 4.69) is 5.32 Å². The molecule has 1 N–H and O–H groups in total. The van der Waals surface area contributed by atoms with Gasteiger partial charge in [-0.25, -0.2) is 12.8 Å². The Hall–Kier alpha value is -2.41. The molecule has 24 heavy (non-hydrogen) atoms. The summed E-state index contributed by atoms with van der Waals surface area (Å²) in [6.45, 7) is 1.65. The van der Waals surface area contributed by atoms with Gasteiger partial charge in [0.15, 0.2) is 16.4 Å². The first-order valence-corrected chi connectivity index (χ1v) is 9.09. The summed E-state index contributed by atoms with van der Waals surface area (Å²) in [5.74, 6) is -0.286. The molecule has 128 valence electrons. The van der Waals surface area contributed by atoms with Crippen molar-refractivity contribution >= 4 is 15.7 Å². The third-order valence-electron chi connectivity index (χ3n) is 3.35. The van der Waals surface area contributed by atoms with Crippen molar-refractivity contribution in [3.8, 4) is 5.75 Å². The zero-order chi connectivity index (χ0) is 17.7. The normalized spacial score (nSPS) is 11.1. The van der Waals surface area contributed by atoms with Crippen LogP contribution in [0.25, 0.3) is 0 Å². The third kappa shape index (κ3) is 5.06. The van der Waals surface area contributed by atoms with E-state index in [4.69, 9.17) is 4.74 Å². The highest BCUT2D eigenvalue weighted by Crippen LogP contribution is 2.15. The van der Waals surface area contributed by atoms with E-state index in [9.17, 15) is 17.6 Å². The highest BCUT2D eigenvalue weighted by atomic mass is 32.2. The van der Waals surface area contributed by atoms with Gasteiger partial charge in [0.05, 0.1) is 4.90 Å². The molecular formula is C17H18FNO4S. The first kappa shape index (κ1) is 17.9. The van der Waals surface area contributed by atoms with E-state index in [0.29, 0.717) is 16.9 Å². The molecular weight excluding hydrogens is 333 g/mol. The lowest BCUT2D eigenvalue weighted by molar-refractivity contribution is -0.123. The van der Waals surface area contributed by atoms with Crippen LogP contribution < -0.4 is 10.1 Å². The number of hydrogen-bond acceptors (Lipinski definition) is 4. The SMILES string of the molecule is Cc1ccc(CNC(=O)COc2ccc(S(C)(=O)=O)cc2)cc1F. The van der Waals surface area contributed by atoms with Crippen LogP contribution in [-0.4, -0.2) is 27.2 Å². The molecule has 0 spiro atoms. The Morgan fingerprint density at radius 3 is 2.42 bits per heavy atom. The van der Waals surface area contributed by atoms with Crippen molar-refractivity contribution in [2.75, 3.05) is 12.9 Å². The van der Waals surface area contributed by atoms with E-state index in [1.807, 2.05) is 0 Å². The van der Waals surface area contributed by atoms with Crippen LogP contribution in [-0.2, 0) is 21.2 Å². The summed E-state index contributed by atoms with van der Waals surface area (Å²) in [5, 5.41) is 2.63. The molecule has 0 atom stereocenters. The molecule has 0 saturated heterocycles. The summed E-state index contributed by atoms with van der Waals surface area (Å²) in [4.78, 5) is 11.9. The van der Waals surface area contributed by atoms with E-state index >= 15 is 0 Å². The van der Waals surface area contributed by atoms with Crippen molar-refractivity contribution in [1.82, 2.24) is 5.32 Å². The second kappa shape index (κ2) is 7.44. The van der Waals surface area contributed by atoms with Gasteiger partial charge in [-0.3, -0.25) is 4.79 Å². The first-order valence-electron chi connectivity index (χ1n) is 7.20. The van der Waals surface area contributed by atoms with Crippen LogP contribution in [0.3, 0.4) is 0 Å². The number of sulfone groups is 1. The number of amides is 1. The second-order valence-electron chi connectivity index (χ2n) is 5.39. The molecule has 0 saturated carbocycles. The van der Waals surface area contributed by atoms with Gasteiger partial charge in [-0.1, -0.05) is 12.1 Å². The first-order chi connectivity index (χ1) is 11.3. The molecule has 0 heterocycles. The average molecular weight is 351 g/mol. The van der Waals surface area contributed by atoms with Gasteiger partial charge in [-0.2, -0.15) is 0 Å². The number of aryl methyl sites for hydroxylation is 1. The van der Waals surface area contributed by atoms with Crippen LogP contribution in [0.1, 0.15) is 11.1 Å². The van der Waals surface area contributed by atoms with Crippen molar-refractivity contribution in [3.63, 3.8) is 0 Å². The summed E-state index contributed by atoms with van der Waals surface area (Å²) in [7, 11) is -3.26. The van der Waals surface area contributed by atoms with Gasteiger partial charge < -0.3 is 10.1 Å². The Balaban J connectivity index is 1.83. The topological polar surface area (TPSA) is 72.5 Å². The van der Waals surface area contributed by atoms with Crippen LogP contribution >= 0.6 is 0 Å². The van der Waals surface area contributed by atoms with E-state index < -0.39 is 9.84 Å². The number of carbonyl (C=O) groups is 1. The van der Waals surface area contributed by atoms with Crippen molar-refractivity contribution in [3.05, 3.63) is 59.4 Å². The fraction of sp³-hybridized carbons (Fsp3) is 0.235. The maximum absolute atomic E-state index is 13.4. The highest BCUT2D eigenvalue weighted by molar-refractivity contribution is 7.90. The monoisotopic (exact) mass is 351 g/mol. The smallest absolute Gasteiger partial charge is 0.258 e. The molecule has 7 heteroatoms. The van der Waals surface area contributed by atoms with Crippen molar-refractivity contribution < 1.29 is 22.3 Å². The lowest BCUT2D eigenvalue weighted by Gasteiger charge is -2.08. The molecule has 5 nitrogen and oxygen atoms in total. The minimum atomic E-state index is -3.26. The minimum Gasteiger partial charge on any atom is -0.484 e. The van der Waals surface area contributed by atoms with Crippen molar-refractivity contribution in [1.29, 1.82) is 0 Å². The number of benzene rings is 2. The molecule has 0 fully saturated rings. The molecule has 2 rings (SSSR count). The Morgan fingerprint density at radius 2 is 1.83 bits per heavy atom. The zero-order valence-electron chi connectivity index (χ0n) is 13.4. The quantitative estimate of drug-likeness (QED) is 0.866. The molecule has 2 aromatic carbocycles. The Morgan fingerprint density at radius 1 is 1.17 bits per heavy atom. The van der Waals surface area contributed by atoms with Crippen LogP contribution in [0.2, 0.25) is 0 Å². The van der Waals surface area contributed by atoms with E-state index in [0.717, 1.165) is 6.26 Å². The van der Waals surface area contributed by atoms with Gasteiger partial charge in [0.25, 0.3) is 5.91 Å². The van der Waals surface area contributed by atoms with Gasteiger partial charge in [-0.05, 0) is 48.4 Å². The second-order valence-corrected chi connectivity index (χ2v) is 7.41. The summed E-state index contributed by atoms with van der Waals surface area (Å²) in [6, 6.07) is 10.6. The van der Waals surface area contributed by atoms with Gasteiger partial charge in [0.1, 0.15) is 11.6 Å². The van der Waals surface area contributed by atoms with Gasteiger partial charge >= 0.3 is 0 Å². The zero-order valence-corrected chi connectivity index (χ0v) is 14.2. The van der Waals surface area contributed by atoms with E-state index in [1.54, 1.807) is 19.1 Å². The van der Waals surface area contributed by atoms with Crippen molar-refractivity contribution in [2.24, 2.45) is 0 Å².